The van der Waals surface area contributed by atoms with Gasteiger partial charge in [-0.1, -0.05) is 0 Å². The number of rotatable bonds is 5. The van der Waals surface area contributed by atoms with Crippen LogP contribution in [-0.4, -0.2) is 54.0 Å². The zero-order valence-corrected chi connectivity index (χ0v) is 18.2. The van der Waals surface area contributed by atoms with Crippen LogP contribution in [-0.2, 0) is 4.79 Å². The Hall–Kier alpha value is -3.71. The third kappa shape index (κ3) is 3.50. The summed E-state index contributed by atoms with van der Waals surface area (Å²) < 4.78 is 5.40. The molecule has 0 atom stereocenters. The number of fused-ring (bicyclic) bond motifs is 1. The molecule has 5 rings (SSSR count). The zero-order valence-electron chi connectivity index (χ0n) is 16.6. The second-order valence-electron chi connectivity index (χ2n) is 7.18. The summed E-state index contributed by atoms with van der Waals surface area (Å²) in [5, 5.41) is 13.4. The monoisotopic (exact) mass is 469 g/mol. The van der Waals surface area contributed by atoms with E-state index in [2.05, 4.69) is 24.6 Å². The van der Waals surface area contributed by atoms with Crippen molar-refractivity contribution in [2.75, 3.05) is 23.3 Å². The maximum absolute atomic E-state index is 12.6. The van der Waals surface area contributed by atoms with Crippen molar-refractivity contribution < 1.29 is 14.7 Å². The minimum atomic E-state index is -1.33. The molecule has 0 radical (unpaired) electrons. The van der Waals surface area contributed by atoms with Gasteiger partial charge in [-0.05, 0) is 19.1 Å². The molecule has 4 aromatic rings. The summed E-state index contributed by atoms with van der Waals surface area (Å²) in [6, 6.07) is 3.20. The number of aryl methyl sites for hydroxylation is 1. The van der Waals surface area contributed by atoms with Crippen LogP contribution in [0.5, 0.6) is 0 Å². The molecule has 1 amide bonds. The van der Waals surface area contributed by atoms with Crippen molar-refractivity contribution >= 4 is 56.7 Å². The molecule has 13 heteroatoms. The zero-order chi connectivity index (χ0) is 22.4. The Morgan fingerprint density at radius 1 is 1.25 bits per heavy atom. The molecule has 0 unspecified atom stereocenters. The first-order chi connectivity index (χ1) is 15.4. The van der Waals surface area contributed by atoms with Gasteiger partial charge in [0.05, 0.1) is 11.3 Å². The van der Waals surface area contributed by atoms with Gasteiger partial charge in [0.1, 0.15) is 17.7 Å². The number of thiazole rings is 1. The van der Waals surface area contributed by atoms with Crippen LogP contribution in [0.2, 0.25) is 0 Å². The molecule has 0 aliphatic carbocycles. The van der Waals surface area contributed by atoms with Crippen molar-refractivity contribution in [1.29, 1.82) is 0 Å². The van der Waals surface area contributed by atoms with E-state index in [1.54, 1.807) is 18.3 Å². The number of carboxylic acids is 1. The molecule has 2 N–H and O–H groups in total. The van der Waals surface area contributed by atoms with E-state index in [1.165, 1.54) is 28.4 Å². The van der Waals surface area contributed by atoms with Crippen molar-refractivity contribution in [2.45, 2.75) is 6.92 Å². The highest BCUT2D eigenvalue weighted by Gasteiger charge is 2.34. The number of hydrogen-bond acceptors (Lipinski definition) is 10. The third-order valence-electron chi connectivity index (χ3n) is 5.05. The largest absolute Gasteiger partial charge is 0.477 e. The Bertz CT molecular complexity index is 1410. The highest BCUT2D eigenvalue weighted by molar-refractivity contribution is 7.15. The number of carbonyl (C=O) groups is 2. The fourth-order valence-corrected chi connectivity index (χ4v) is 4.57. The molecule has 1 aliphatic heterocycles. The minimum absolute atomic E-state index is 0.103. The summed E-state index contributed by atoms with van der Waals surface area (Å²) in [4.78, 5) is 52.4. The smallest absolute Gasteiger partial charge is 0.341 e. The number of aromatic nitrogens is 5. The van der Waals surface area contributed by atoms with Crippen LogP contribution in [0.4, 0.5) is 10.9 Å². The SMILES string of the molecule is Cc1cnc(NC(=O)C2CN(c3ccc4c(=O)c(C(=O)O)cn(-c5ncns5)c4n3)C2)s1. The molecule has 1 aliphatic rings. The fraction of sp³-hybridized carbons (Fsp3) is 0.211. The van der Waals surface area contributed by atoms with Gasteiger partial charge in [0.2, 0.25) is 16.5 Å². The van der Waals surface area contributed by atoms with Crippen molar-refractivity contribution in [2.24, 2.45) is 5.92 Å². The lowest BCUT2D eigenvalue weighted by molar-refractivity contribution is -0.120. The van der Waals surface area contributed by atoms with Gasteiger partial charge in [-0.3, -0.25) is 14.2 Å². The quantitative estimate of drug-likeness (QED) is 0.447. The molecule has 0 aromatic carbocycles. The number of hydrogen-bond donors (Lipinski definition) is 2. The molecule has 0 saturated carbocycles. The fourth-order valence-electron chi connectivity index (χ4n) is 3.39. The van der Waals surface area contributed by atoms with E-state index in [1.807, 2.05) is 11.8 Å². The van der Waals surface area contributed by atoms with E-state index in [0.717, 1.165) is 16.4 Å². The number of nitrogens with zero attached hydrogens (tertiary/aromatic N) is 6. The molecule has 5 heterocycles. The Balaban J connectivity index is 1.43. The Labute approximate surface area is 188 Å². The van der Waals surface area contributed by atoms with E-state index in [9.17, 15) is 19.5 Å². The van der Waals surface area contributed by atoms with Crippen molar-refractivity contribution in [3.63, 3.8) is 0 Å². The van der Waals surface area contributed by atoms with Crippen LogP contribution in [0.15, 0.2) is 35.6 Å². The molecule has 11 nitrogen and oxygen atoms in total. The summed E-state index contributed by atoms with van der Waals surface area (Å²) in [5.74, 6) is -1.07. The van der Waals surface area contributed by atoms with Gasteiger partial charge in [0.15, 0.2) is 10.8 Å². The average molecular weight is 470 g/mol. The molecule has 32 heavy (non-hydrogen) atoms. The first kappa shape index (κ1) is 20.2. The molecule has 4 aromatic heterocycles. The van der Waals surface area contributed by atoms with E-state index >= 15 is 0 Å². The number of carbonyl (C=O) groups excluding carboxylic acids is 1. The van der Waals surface area contributed by atoms with Crippen LogP contribution in [0, 0.1) is 12.8 Å². The number of anilines is 2. The standard InChI is InChI=1S/C19H15N7O4S2/c1-9-4-20-18(31-9)24-16(28)10-5-25(6-10)13-3-2-11-14(27)12(17(29)30)7-26(15(11)23-13)19-21-8-22-32-19/h2-4,7-8,10H,5-6H2,1H3,(H,29,30)(H,20,24,28). The van der Waals surface area contributed by atoms with Crippen molar-refractivity contribution in [3.8, 4) is 5.13 Å². The van der Waals surface area contributed by atoms with Gasteiger partial charge >= 0.3 is 5.97 Å². The minimum Gasteiger partial charge on any atom is -0.477 e. The van der Waals surface area contributed by atoms with Crippen LogP contribution in [0.25, 0.3) is 16.2 Å². The van der Waals surface area contributed by atoms with Gasteiger partial charge in [0.25, 0.3) is 0 Å². The molecule has 1 fully saturated rings. The van der Waals surface area contributed by atoms with Crippen LogP contribution in [0.3, 0.4) is 0 Å². The van der Waals surface area contributed by atoms with Crippen LogP contribution < -0.4 is 15.6 Å². The lowest BCUT2D eigenvalue weighted by Gasteiger charge is -2.39. The predicted octanol–water partition coefficient (Wildman–Crippen LogP) is 1.78. The van der Waals surface area contributed by atoms with Gasteiger partial charge in [-0.25, -0.2) is 19.7 Å². The van der Waals surface area contributed by atoms with Crippen LogP contribution >= 0.6 is 22.9 Å². The maximum Gasteiger partial charge on any atom is 0.341 e. The van der Waals surface area contributed by atoms with E-state index in [0.29, 0.717) is 29.2 Å². The summed E-state index contributed by atoms with van der Waals surface area (Å²) in [6.45, 7) is 2.85. The number of pyridine rings is 2. The van der Waals surface area contributed by atoms with E-state index in [4.69, 9.17) is 0 Å². The molecule has 0 spiro atoms. The summed E-state index contributed by atoms with van der Waals surface area (Å²) in [6.07, 6.45) is 4.27. The number of amides is 1. The summed E-state index contributed by atoms with van der Waals surface area (Å²) in [5.41, 5.74) is -0.715. The third-order valence-corrected chi connectivity index (χ3v) is 6.54. The van der Waals surface area contributed by atoms with Crippen molar-refractivity contribution in [3.05, 3.63) is 51.5 Å². The topological polar surface area (TPSA) is 143 Å². The second kappa shape index (κ2) is 7.76. The number of aromatic carboxylic acids is 1. The summed E-state index contributed by atoms with van der Waals surface area (Å²) >= 11 is 2.47. The normalized spacial score (nSPS) is 13.8. The van der Waals surface area contributed by atoms with Gasteiger partial charge in [-0.2, -0.15) is 4.37 Å². The molecule has 1 saturated heterocycles. The van der Waals surface area contributed by atoms with Gasteiger partial charge < -0.3 is 15.3 Å². The number of nitrogens with one attached hydrogen (secondary N) is 1. The van der Waals surface area contributed by atoms with E-state index < -0.39 is 11.4 Å². The first-order valence-electron chi connectivity index (χ1n) is 9.45. The van der Waals surface area contributed by atoms with Gasteiger partial charge in [0, 0.05) is 41.9 Å². The van der Waals surface area contributed by atoms with E-state index in [-0.39, 0.29) is 28.4 Å². The average Bonchev–Trinajstić information content (AvgIpc) is 3.39. The Kier molecular flexibility index (Phi) is 4.90. The predicted molar refractivity (Wildman–Crippen MR) is 119 cm³/mol. The van der Waals surface area contributed by atoms with Crippen molar-refractivity contribution in [1.82, 2.24) is 23.9 Å². The highest BCUT2D eigenvalue weighted by atomic mass is 32.1. The molecule has 0 bridgehead atoms. The second-order valence-corrected chi connectivity index (χ2v) is 9.17. The summed E-state index contributed by atoms with van der Waals surface area (Å²) in [7, 11) is 0. The maximum atomic E-state index is 12.6. The highest BCUT2D eigenvalue weighted by Crippen LogP contribution is 2.27. The first-order valence-corrected chi connectivity index (χ1v) is 11.0. The molecule has 162 valence electrons. The number of carboxylic acid groups (broad SMARTS) is 1. The Morgan fingerprint density at radius 3 is 2.72 bits per heavy atom. The lowest BCUT2D eigenvalue weighted by Crippen LogP contribution is -2.52. The molecular formula is C19H15N7O4S2. The van der Waals surface area contributed by atoms with Gasteiger partial charge in [-0.15, -0.1) is 11.3 Å². The lowest BCUT2D eigenvalue weighted by atomic mass is 9.99. The Morgan fingerprint density at radius 2 is 2.06 bits per heavy atom. The van der Waals surface area contributed by atoms with Crippen LogP contribution in [0.1, 0.15) is 15.2 Å². The molecular weight excluding hydrogens is 454 g/mol.